The zero-order chi connectivity index (χ0) is 21.5. The molecule has 156 valence electrons. The molecule has 0 atom stereocenters. The second-order valence-electron chi connectivity index (χ2n) is 8.00. The highest BCUT2D eigenvalue weighted by atomic mass is 16.5. The van der Waals surface area contributed by atoms with Gasteiger partial charge in [0.1, 0.15) is 29.3 Å². The fraction of sp³-hybridized carbons (Fsp3) is 0.304. The highest BCUT2D eigenvalue weighted by molar-refractivity contribution is 5.85. The average molecular weight is 409 g/mol. The topological polar surface area (TPSA) is 101 Å². The molecule has 2 heterocycles. The van der Waals surface area contributed by atoms with Gasteiger partial charge in [-0.3, -0.25) is 4.79 Å². The van der Waals surface area contributed by atoms with E-state index in [4.69, 9.17) is 24.4 Å². The van der Waals surface area contributed by atoms with E-state index in [1.165, 1.54) is 13.2 Å². The van der Waals surface area contributed by atoms with Gasteiger partial charge in [0.05, 0.1) is 13.5 Å². The molecule has 0 fully saturated rings. The Kier molecular flexibility index (Phi) is 4.89. The molecular formula is C23H23NO6. The Balaban J connectivity index is 1.61. The van der Waals surface area contributed by atoms with E-state index in [-0.39, 0.29) is 18.6 Å². The number of hydrogen-bond donors (Lipinski definition) is 1. The molecule has 30 heavy (non-hydrogen) atoms. The quantitative estimate of drug-likeness (QED) is 0.392. The second kappa shape index (κ2) is 7.40. The van der Waals surface area contributed by atoms with Crippen molar-refractivity contribution in [1.29, 1.82) is 0 Å². The summed E-state index contributed by atoms with van der Waals surface area (Å²) in [7, 11) is 1.31. The van der Waals surface area contributed by atoms with Crippen LogP contribution < -0.4 is 20.8 Å². The molecule has 0 saturated heterocycles. The van der Waals surface area contributed by atoms with Crippen molar-refractivity contribution in [3.63, 3.8) is 0 Å². The van der Waals surface area contributed by atoms with Crippen molar-refractivity contribution in [2.45, 2.75) is 38.9 Å². The summed E-state index contributed by atoms with van der Waals surface area (Å²) < 4.78 is 22.0. The number of methoxy groups -OCH3 is 1. The number of hydrogen-bond acceptors (Lipinski definition) is 7. The summed E-state index contributed by atoms with van der Waals surface area (Å²) in [6, 6.07) is 10.2. The Bertz CT molecular complexity index is 1190. The van der Waals surface area contributed by atoms with Gasteiger partial charge in [-0.1, -0.05) is 0 Å². The lowest BCUT2D eigenvalue weighted by molar-refractivity contribution is -0.139. The van der Waals surface area contributed by atoms with Gasteiger partial charge in [0.25, 0.3) is 0 Å². The van der Waals surface area contributed by atoms with Gasteiger partial charge in [-0.15, -0.1) is 0 Å². The van der Waals surface area contributed by atoms with E-state index in [1.54, 1.807) is 18.2 Å². The fourth-order valence-electron chi connectivity index (χ4n) is 3.76. The number of esters is 1. The van der Waals surface area contributed by atoms with Gasteiger partial charge in [-0.25, -0.2) is 4.79 Å². The normalized spacial score (nSPS) is 14.2. The predicted octanol–water partition coefficient (Wildman–Crippen LogP) is 3.38. The molecular weight excluding hydrogens is 386 g/mol. The Morgan fingerprint density at radius 3 is 2.73 bits per heavy atom. The zero-order valence-corrected chi connectivity index (χ0v) is 17.1. The van der Waals surface area contributed by atoms with Crippen LogP contribution in [0.2, 0.25) is 0 Å². The second-order valence-corrected chi connectivity index (χ2v) is 8.00. The zero-order valence-electron chi connectivity index (χ0n) is 17.1. The Hall–Kier alpha value is -3.48. The number of rotatable bonds is 5. The van der Waals surface area contributed by atoms with Gasteiger partial charge in [-0.05, 0) is 43.7 Å². The van der Waals surface area contributed by atoms with Gasteiger partial charge in [0, 0.05) is 40.8 Å². The van der Waals surface area contributed by atoms with Crippen LogP contribution >= 0.6 is 0 Å². The van der Waals surface area contributed by atoms with Crippen molar-refractivity contribution < 1.29 is 23.4 Å². The van der Waals surface area contributed by atoms with E-state index in [0.717, 1.165) is 23.3 Å². The lowest BCUT2D eigenvalue weighted by atomic mass is 10.00. The van der Waals surface area contributed by atoms with Gasteiger partial charge in [0.2, 0.25) is 0 Å². The van der Waals surface area contributed by atoms with Crippen LogP contribution in [0.1, 0.15) is 30.5 Å². The van der Waals surface area contributed by atoms with Crippen molar-refractivity contribution in [3.05, 3.63) is 63.5 Å². The third-order valence-electron chi connectivity index (χ3n) is 5.02. The molecule has 0 saturated carbocycles. The van der Waals surface area contributed by atoms with E-state index in [0.29, 0.717) is 28.0 Å². The molecule has 1 aliphatic rings. The maximum absolute atomic E-state index is 11.9. The van der Waals surface area contributed by atoms with Gasteiger partial charge in [0.15, 0.2) is 0 Å². The summed E-state index contributed by atoms with van der Waals surface area (Å²) in [4.78, 5) is 23.5. The predicted molar refractivity (Wildman–Crippen MR) is 112 cm³/mol. The summed E-state index contributed by atoms with van der Waals surface area (Å²) in [6.45, 7) is 4.32. The van der Waals surface area contributed by atoms with E-state index in [2.05, 4.69) is 0 Å². The first kappa shape index (κ1) is 19.8. The maximum Gasteiger partial charge on any atom is 0.336 e. The number of carbonyl (C=O) groups excluding carboxylic acids is 1. The lowest BCUT2D eigenvalue weighted by Crippen LogP contribution is -2.25. The summed E-state index contributed by atoms with van der Waals surface area (Å²) in [5, 5.41) is 0.655. The number of benzene rings is 2. The Labute approximate surface area is 173 Å². The molecule has 0 unspecified atom stereocenters. The molecule has 2 aromatic carbocycles. The third-order valence-corrected chi connectivity index (χ3v) is 5.02. The van der Waals surface area contributed by atoms with Crippen molar-refractivity contribution in [2.24, 2.45) is 0 Å². The molecule has 7 nitrogen and oxygen atoms in total. The lowest BCUT2D eigenvalue weighted by Gasteiger charge is -2.18. The highest BCUT2D eigenvalue weighted by Gasteiger charge is 2.32. The molecule has 4 rings (SSSR count). The van der Waals surface area contributed by atoms with Gasteiger partial charge >= 0.3 is 11.6 Å². The van der Waals surface area contributed by atoms with Crippen LogP contribution in [0, 0.1) is 0 Å². The minimum Gasteiger partial charge on any atom is -0.489 e. The number of fused-ring (bicyclic) bond motifs is 2. The molecule has 1 aromatic heterocycles. The van der Waals surface area contributed by atoms with Crippen LogP contribution in [0.5, 0.6) is 11.5 Å². The summed E-state index contributed by atoms with van der Waals surface area (Å²) in [5.41, 5.74) is 8.69. The van der Waals surface area contributed by atoms with Crippen LogP contribution in [0.25, 0.3) is 11.0 Å². The van der Waals surface area contributed by atoms with Crippen LogP contribution in [-0.4, -0.2) is 18.7 Å². The van der Waals surface area contributed by atoms with Crippen LogP contribution in [0.3, 0.4) is 0 Å². The minimum absolute atomic E-state index is 0.0125. The maximum atomic E-state index is 11.9. The number of carbonyl (C=O) groups is 1. The average Bonchev–Trinajstić information content (AvgIpc) is 2.99. The summed E-state index contributed by atoms with van der Waals surface area (Å²) in [6.07, 6.45) is 0.770. The molecule has 1 aliphatic heterocycles. The molecule has 0 bridgehead atoms. The van der Waals surface area contributed by atoms with Gasteiger partial charge < -0.3 is 24.4 Å². The number of nitrogen functional groups attached to an aromatic ring is 1. The molecule has 2 N–H and O–H groups in total. The number of ether oxygens (including phenoxy) is 3. The first-order valence-electron chi connectivity index (χ1n) is 9.61. The molecule has 7 heteroatoms. The molecule has 0 radical (unpaired) electrons. The molecule has 0 spiro atoms. The van der Waals surface area contributed by atoms with E-state index < -0.39 is 11.6 Å². The van der Waals surface area contributed by atoms with Crippen molar-refractivity contribution in [2.75, 3.05) is 12.8 Å². The third kappa shape index (κ3) is 3.96. The van der Waals surface area contributed by atoms with E-state index >= 15 is 0 Å². The number of anilines is 1. The largest absolute Gasteiger partial charge is 0.489 e. The fourth-order valence-corrected chi connectivity index (χ4v) is 3.76. The first-order chi connectivity index (χ1) is 14.2. The van der Waals surface area contributed by atoms with Crippen molar-refractivity contribution in [3.8, 4) is 11.5 Å². The van der Waals surface area contributed by atoms with Crippen molar-refractivity contribution in [1.82, 2.24) is 0 Å². The first-order valence-corrected chi connectivity index (χ1v) is 9.61. The van der Waals surface area contributed by atoms with Gasteiger partial charge in [-0.2, -0.15) is 0 Å². The minimum atomic E-state index is -0.539. The molecule has 0 amide bonds. The molecule has 3 aromatic rings. The molecule has 0 aliphatic carbocycles. The standard InChI is InChI=1S/C23H23NO6/c1-23(2)11-14-6-16(24)7-15(22(14)30-23)12-28-17-4-5-18-13(8-20(25)27-3)9-21(26)29-19(18)10-17/h4-7,9-10H,8,11-12,24H2,1-3H3. The van der Waals surface area contributed by atoms with Crippen LogP contribution in [0.4, 0.5) is 5.69 Å². The van der Waals surface area contributed by atoms with E-state index in [1.807, 2.05) is 26.0 Å². The number of nitrogens with two attached hydrogens (primary N) is 1. The van der Waals surface area contributed by atoms with Crippen molar-refractivity contribution >= 4 is 22.6 Å². The summed E-state index contributed by atoms with van der Waals surface area (Å²) >= 11 is 0. The highest BCUT2D eigenvalue weighted by Crippen LogP contribution is 2.39. The Morgan fingerprint density at radius 2 is 1.97 bits per heavy atom. The smallest absolute Gasteiger partial charge is 0.336 e. The summed E-state index contributed by atoms with van der Waals surface area (Å²) in [5.74, 6) is 0.900. The SMILES string of the molecule is COC(=O)Cc1cc(=O)oc2cc(OCc3cc(N)cc4c3OC(C)(C)C4)ccc12. The Morgan fingerprint density at radius 1 is 1.17 bits per heavy atom. The van der Waals surface area contributed by atoms with Crippen LogP contribution in [-0.2, 0) is 29.0 Å². The van der Waals surface area contributed by atoms with Crippen LogP contribution in [0.15, 0.2) is 45.6 Å². The van der Waals surface area contributed by atoms with E-state index in [9.17, 15) is 9.59 Å². The monoisotopic (exact) mass is 409 g/mol.